The minimum absolute atomic E-state index is 0.405. The van der Waals surface area contributed by atoms with E-state index in [0.717, 1.165) is 17.8 Å². The predicted octanol–water partition coefficient (Wildman–Crippen LogP) is 2.44. The molecule has 0 atom stereocenters. The maximum absolute atomic E-state index is 11.4. The number of amides is 1. The minimum atomic E-state index is -0.467. The lowest BCUT2D eigenvalue weighted by molar-refractivity contribution is 0.0534. The predicted molar refractivity (Wildman–Crippen MR) is 85.9 cm³/mol. The molecule has 0 fully saturated rings. The molecular weight excluding hydrogens is 266 g/mol. The molecule has 0 saturated heterocycles. The molecule has 0 unspecified atom stereocenters. The molecule has 0 saturated carbocycles. The van der Waals surface area contributed by atoms with Crippen LogP contribution in [0.3, 0.4) is 0 Å². The van der Waals surface area contributed by atoms with E-state index in [1.807, 2.05) is 57.2 Å². The van der Waals surface area contributed by atoms with E-state index in [2.05, 4.69) is 10.6 Å². The number of carbonyl (C=O) groups is 1. The lowest BCUT2D eigenvalue weighted by atomic mass is 10.2. The zero-order chi connectivity index (χ0) is 15.7. The number of rotatable bonds is 6. The summed E-state index contributed by atoms with van der Waals surface area (Å²) in [5.74, 6) is 0. The Hall–Kier alpha value is -2.01. The van der Waals surface area contributed by atoms with Gasteiger partial charge in [-0.25, -0.2) is 4.79 Å². The van der Waals surface area contributed by atoms with Crippen LogP contribution in [0.15, 0.2) is 36.4 Å². The summed E-state index contributed by atoms with van der Waals surface area (Å²) in [4.78, 5) is 11.4. The van der Waals surface area contributed by atoms with E-state index in [9.17, 15) is 4.79 Å². The van der Waals surface area contributed by atoms with Gasteiger partial charge in [0.1, 0.15) is 5.60 Å². The third kappa shape index (κ3) is 7.99. The number of nitrogens with two attached hydrogens (primary N) is 1. The number of nitrogens with one attached hydrogen (secondary N) is 2. The molecule has 0 aliphatic carbocycles. The monoisotopic (exact) mass is 291 g/mol. The minimum Gasteiger partial charge on any atom is -0.444 e. The van der Waals surface area contributed by atoms with Crippen molar-refractivity contribution in [1.29, 1.82) is 0 Å². The third-order valence-electron chi connectivity index (χ3n) is 2.56. The molecule has 5 heteroatoms. The normalized spacial score (nSPS) is 11.6. The Labute approximate surface area is 126 Å². The summed E-state index contributed by atoms with van der Waals surface area (Å²) in [6.07, 6.45) is 3.43. The van der Waals surface area contributed by atoms with Gasteiger partial charge in [-0.1, -0.05) is 30.4 Å². The van der Waals surface area contributed by atoms with Crippen LogP contribution >= 0.6 is 0 Å². The van der Waals surface area contributed by atoms with E-state index in [1.165, 1.54) is 0 Å². The van der Waals surface area contributed by atoms with Crippen molar-refractivity contribution in [3.63, 3.8) is 0 Å². The van der Waals surface area contributed by atoms with E-state index in [4.69, 9.17) is 10.5 Å². The fourth-order valence-corrected chi connectivity index (χ4v) is 1.61. The summed E-state index contributed by atoms with van der Waals surface area (Å²) in [5, 5.41) is 5.92. The quantitative estimate of drug-likeness (QED) is 0.427. The lowest BCUT2D eigenvalue weighted by Crippen LogP contribution is -2.32. The first-order chi connectivity index (χ1) is 9.88. The summed E-state index contributed by atoms with van der Waals surface area (Å²) in [6, 6.07) is 7.77. The second-order valence-corrected chi connectivity index (χ2v) is 5.68. The fourth-order valence-electron chi connectivity index (χ4n) is 1.61. The number of anilines is 1. The average Bonchev–Trinajstić information content (AvgIpc) is 2.37. The molecule has 0 heterocycles. The summed E-state index contributed by atoms with van der Waals surface area (Å²) < 4.78 is 5.12. The lowest BCUT2D eigenvalue weighted by Gasteiger charge is -2.19. The number of hydrogen-bond donors (Lipinski definition) is 3. The van der Waals surface area contributed by atoms with Gasteiger partial charge in [0.2, 0.25) is 0 Å². The topological polar surface area (TPSA) is 76.4 Å². The molecule has 0 spiro atoms. The molecular formula is C16H25N3O2. The van der Waals surface area contributed by atoms with E-state index in [1.54, 1.807) is 0 Å². The van der Waals surface area contributed by atoms with Crippen molar-refractivity contribution in [2.75, 3.05) is 18.8 Å². The van der Waals surface area contributed by atoms with Crippen LogP contribution in [0.2, 0.25) is 0 Å². The van der Waals surface area contributed by atoms with Gasteiger partial charge in [0, 0.05) is 25.3 Å². The van der Waals surface area contributed by atoms with Gasteiger partial charge in [0.25, 0.3) is 0 Å². The van der Waals surface area contributed by atoms with Crippen LogP contribution in [-0.4, -0.2) is 24.8 Å². The molecule has 1 rings (SSSR count). The van der Waals surface area contributed by atoms with Crippen LogP contribution in [0.1, 0.15) is 26.3 Å². The molecule has 1 aromatic rings. The Kier molecular flexibility index (Phi) is 6.75. The zero-order valence-electron chi connectivity index (χ0n) is 13.0. The molecule has 1 aromatic carbocycles. The molecule has 21 heavy (non-hydrogen) atoms. The number of carbonyl (C=O) groups excluding carboxylic acids is 1. The van der Waals surface area contributed by atoms with Crippen LogP contribution in [0.4, 0.5) is 10.5 Å². The molecule has 4 N–H and O–H groups in total. The van der Waals surface area contributed by atoms with Crippen molar-refractivity contribution in [2.45, 2.75) is 32.9 Å². The highest BCUT2D eigenvalue weighted by Gasteiger charge is 2.14. The third-order valence-corrected chi connectivity index (χ3v) is 2.56. The first-order valence-corrected chi connectivity index (χ1v) is 7.04. The summed E-state index contributed by atoms with van der Waals surface area (Å²) >= 11 is 0. The van der Waals surface area contributed by atoms with Gasteiger partial charge in [-0.3, -0.25) is 0 Å². The Morgan fingerprint density at radius 3 is 2.57 bits per heavy atom. The summed E-state index contributed by atoms with van der Waals surface area (Å²) in [6.45, 7) is 7.38. The van der Waals surface area contributed by atoms with Crippen LogP contribution in [0, 0.1) is 0 Å². The number of alkyl carbamates (subject to hydrolysis) is 1. The highest BCUT2D eigenvalue weighted by atomic mass is 16.6. The van der Waals surface area contributed by atoms with Gasteiger partial charge in [-0.15, -0.1) is 0 Å². The van der Waals surface area contributed by atoms with Gasteiger partial charge >= 0.3 is 6.09 Å². The van der Waals surface area contributed by atoms with Crippen molar-refractivity contribution in [2.24, 2.45) is 0 Å². The van der Waals surface area contributed by atoms with Crippen molar-refractivity contribution >= 4 is 11.8 Å². The van der Waals surface area contributed by atoms with Crippen molar-refractivity contribution < 1.29 is 9.53 Å². The van der Waals surface area contributed by atoms with Crippen LogP contribution < -0.4 is 16.4 Å². The average molecular weight is 291 g/mol. The second-order valence-electron chi connectivity index (χ2n) is 5.68. The van der Waals surface area contributed by atoms with E-state index in [0.29, 0.717) is 13.1 Å². The molecule has 5 nitrogen and oxygen atoms in total. The highest BCUT2D eigenvalue weighted by Crippen LogP contribution is 2.09. The maximum Gasteiger partial charge on any atom is 0.407 e. The second kappa shape index (κ2) is 8.32. The summed E-state index contributed by atoms with van der Waals surface area (Å²) in [5.41, 5.74) is 7.25. The number of para-hydroxylation sites is 1. The van der Waals surface area contributed by atoms with E-state index >= 15 is 0 Å². The van der Waals surface area contributed by atoms with E-state index < -0.39 is 11.7 Å². The molecule has 0 aromatic heterocycles. The van der Waals surface area contributed by atoms with Gasteiger partial charge in [-0.05, 0) is 32.4 Å². The number of hydrogen-bond acceptors (Lipinski definition) is 4. The number of nitrogen functional groups attached to an aromatic ring is 1. The maximum atomic E-state index is 11.4. The first kappa shape index (κ1) is 17.0. The van der Waals surface area contributed by atoms with Gasteiger partial charge in [0.15, 0.2) is 0 Å². The van der Waals surface area contributed by atoms with Crippen molar-refractivity contribution in [1.82, 2.24) is 10.6 Å². The highest BCUT2D eigenvalue weighted by molar-refractivity contribution is 5.67. The summed E-state index contributed by atoms with van der Waals surface area (Å²) in [7, 11) is 0. The van der Waals surface area contributed by atoms with Crippen LogP contribution in [0.25, 0.3) is 0 Å². The largest absolute Gasteiger partial charge is 0.444 e. The molecule has 0 bridgehead atoms. The molecule has 1 amide bonds. The van der Waals surface area contributed by atoms with E-state index in [-0.39, 0.29) is 0 Å². The molecule has 0 radical (unpaired) electrons. The van der Waals surface area contributed by atoms with Crippen LogP contribution in [-0.2, 0) is 11.3 Å². The van der Waals surface area contributed by atoms with Gasteiger partial charge in [-0.2, -0.15) is 0 Å². The van der Waals surface area contributed by atoms with Gasteiger partial charge in [0.05, 0.1) is 0 Å². The standard InChI is InChI=1S/C16H25N3O2/c1-16(2,3)21-15(20)19-11-7-6-10-18-12-13-8-4-5-9-14(13)17/h4-9,18H,10-12,17H2,1-3H3,(H,19,20)/b7-6+. The van der Waals surface area contributed by atoms with Gasteiger partial charge < -0.3 is 21.1 Å². The Morgan fingerprint density at radius 2 is 1.90 bits per heavy atom. The Balaban J connectivity index is 2.13. The fraction of sp³-hybridized carbons (Fsp3) is 0.438. The zero-order valence-corrected chi connectivity index (χ0v) is 13.0. The van der Waals surface area contributed by atoms with Crippen LogP contribution in [0.5, 0.6) is 0 Å². The molecule has 0 aliphatic heterocycles. The first-order valence-electron chi connectivity index (χ1n) is 7.04. The van der Waals surface area contributed by atoms with Crippen molar-refractivity contribution in [3.8, 4) is 0 Å². The Morgan fingerprint density at radius 1 is 1.24 bits per heavy atom. The SMILES string of the molecule is CC(C)(C)OC(=O)NC/C=C/CNCc1ccccc1N. The Bertz CT molecular complexity index is 479. The smallest absolute Gasteiger partial charge is 0.407 e. The number of benzene rings is 1. The number of ether oxygens (including phenoxy) is 1. The molecule has 116 valence electrons. The molecule has 0 aliphatic rings. The van der Waals surface area contributed by atoms with Crippen molar-refractivity contribution in [3.05, 3.63) is 42.0 Å².